The highest BCUT2D eigenvalue weighted by atomic mass is 35.5. The number of nitrogen functional groups attached to an aromatic ring is 1. The van der Waals surface area contributed by atoms with Crippen molar-refractivity contribution >= 4 is 34.9 Å². The predicted molar refractivity (Wildman–Crippen MR) is 74.7 cm³/mol. The van der Waals surface area contributed by atoms with Crippen LogP contribution in [0.5, 0.6) is 0 Å². The third-order valence-corrected chi connectivity index (χ3v) is 3.79. The van der Waals surface area contributed by atoms with E-state index >= 15 is 0 Å². The third-order valence-electron chi connectivity index (χ3n) is 2.99. The minimum atomic E-state index is -0.539. The van der Waals surface area contributed by atoms with E-state index in [2.05, 4.69) is 0 Å². The van der Waals surface area contributed by atoms with Gasteiger partial charge in [-0.25, -0.2) is 4.79 Å². The zero-order chi connectivity index (χ0) is 14.0. The first-order valence-electron chi connectivity index (χ1n) is 6.04. The van der Waals surface area contributed by atoms with Crippen LogP contribution in [0.2, 0.25) is 10.0 Å². The Balaban J connectivity index is 2.00. The number of nitrogens with two attached hydrogens (primary N) is 1. The van der Waals surface area contributed by atoms with Gasteiger partial charge >= 0.3 is 5.97 Å². The molecule has 1 aromatic rings. The number of hydrogen-bond donors (Lipinski definition) is 1. The number of rotatable bonds is 3. The molecule has 2 atom stereocenters. The van der Waals surface area contributed by atoms with Crippen molar-refractivity contribution in [2.75, 3.05) is 12.3 Å². The van der Waals surface area contributed by atoms with Crippen molar-refractivity contribution in [1.29, 1.82) is 0 Å². The molecule has 0 aliphatic carbocycles. The molecule has 0 saturated carbocycles. The second-order valence-electron chi connectivity index (χ2n) is 4.61. The van der Waals surface area contributed by atoms with Gasteiger partial charge in [0.1, 0.15) is 6.61 Å². The summed E-state index contributed by atoms with van der Waals surface area (Å²) < 4.78 is 10.8. The molecular weight excluding hydrogens is 289 g/mol. The quantitative estimate of drug-likeness (QED) is 0.687. The predicted octanol–water partition coefficient (Wildman–Crippen LogP) is 3.30. The number of anilines is 1. The molecule has 2 unspecified atom stereocenters. The standard InChI is InChI=1S/C13H15Cl2NO3/c1-7-2-3-9(19-7)6-18-13(17)10-4-8(16)5-11(14)12(10)15/h4-5,7,9H,2-3,6,16H2,1H3. The molecule has 1 aromatic carbocycles. The minimum Gasteiger partial charge on any atom is -0.459 e. The van der Waals surface area contributed by atoms with E-state index in [1.54, 1.807) is 0 Å². The number of benzene rings is 1. The molecule has 2 N–H and O–H groups in total. The molecule has 6 heteroatoms. The summed E-state index contributed by atoms with van der Waals surface area (Å²) in [5, 5.41) is 0.390. The molecule has 1 fully saturated rings. The zero-order valence-corrected chi connectivity index (χ0v) is 12.0. The lowest BCUT2D eigenvalue weighted by Gasteiger charge is -2.12. The molecule has 0 radical (unpaired) electrons. The monoisotopic (exact) mass is 303 g/mol. The molecule has 0 spiro atoms. The van der Waals surface area contributed by atoms with Gasteiger partial charge in [0, 0.05) is 5.69 Å². The van der Waals surface area contributed by atoms with Crippen molar-refractivity contribution in [2.45, 2.75) is 32.0 Å². The topological polar surface area (TPSA) is 61.5 Å². The fraction of sp³-hybridized carbons (Fsp3) is 0.462. The van der Waals surface area contributed by atoms with Crippen molar-refractivity contribution in [1.82, 2.24) is 0 Å². The van der Waals surface area contributed by atoms with E-state index in [1.165, 1.54) is 12.1 Å². The van der Waals surface area contributed by atoms with E-state index in [9.17, 15) is 4.79 Å². The van der Waals surface area contributed by atoms with Crippen LogP contribution in [0.25, 0.3) is 0 Å². The maximum atomic E-state index is 11.9. The smallest absolute Gasteiger partial charge is 0.339 e. The Kier molecular flexibility index (Phi) is 4.55. The first-order valence-corrected chi connectivity index (χ1v) is 6.80. The Morgan fingerprint density at radius 1 is 1.47 bits per heavy atom. The second kappa shape index (κ2) is 5.99. The Morgan fingerprint density at radius 2 is 2.21 bits per heavy atom. The summed E-state index contributed by atoms with van der Waals surface area (Å²) >= 11 is 11.8. The molecule has 0 bridgehead atoms. The molecule has 19 heavy (non-hydrogen) atoms. The fourth-order valence-electron chi connectivity index (χ4n) is 2.01. The van der Waals surface area contributed by atoms with Gasteiger partial charge in [0.15, 0.2) is 0 Å². The molecule has 104 valence electrons. The summed E-state index contributed by atoms with van der Waals surface area (Å²) in [7, 11) is 0. The highest BCUT2D eigenvalue weighted by Crippen LogP contribution is 2.29. The second-order valence-corrected chi connectivity index (χ2v) is 5.39. The molecular formula is C13H15Cl2NO3. The van der Waals surface area contributed by atoms with Crippen LogP contribution in [0.1, 0.15) is 30.1 Å². The lowest BCUT2D eigenvalue weighted by molar-refractivity contribution is -0.00264. The van der Waals surface area contributed by atoms with Gasteiger partial charge in [0.2, 0.25) is 0 Å². The lowest BCUT2D eigenvalue weighted by Crippen LogP contribution is -2.19. The molecule has 2 rings (SSSR count). The number of carbonyl (C=O) groups excluding carboxylic acids is 1. The largest absolute Gasteiger partial charge is 0.459 e. The van der Waals surface area contributed by atoms with Crippen molar-refractivity contribution in [3.05, 3.63) is 27.7 Å². The molecule has 0 aromatic heterocycles. The van der Waals surface area contributed by atoms with Crippen LogP contribution in [0.4, 0.5) is 5.69 Å². The van der Waals surface area contributed by atoms with Crippen LogP contribution in [0, 0.1) is 0 Å². The zero-order valence-electron chi connectivity index (χ0n) is 10.5. The number of hydrogen-bond acceptors (Lipinski definition) is 4. The van der Waals surface area contributed by atoms with Crippen LogP contribution >= 0.6 is 23.2 Å². The highest BCUT2D eigenvalue weighted by Gasteiger charge is 2.24. The van der Waals surface area contributed by atoms with Gasteiger partial charge in [-0.05, 0) is 31.9 Å². The molecule has 4 nitrogen and oxygen atoms in total. The maximum Gasteiger partial charge on any atom is 0.339 e. The molecule has 0 amide bonds. The molecule has 1 aliphatic rings. The summed E-state index contributed by atoms with van der Waals surface area (Å²) in [6.45, 7) is 2.21. The minimum absolute atomic E-state index is 0.0470. The summed E-state index contributed by atoms with van der Waals surface area (Å²) in [5.41, 5.74) is 6.17. The van der Waals surface area contributed by atoms with Crippen molar-refractivity contribution in [3.8, 4) is 0 Å². The molecule has 1 saturated heterocycles. The first-order chi connectivity index (χ1) is 8.97. The van der Waals surface area contributed by atoms with Crippen LogP contribution in [-0.4, -0.2) is 24.8 Å². The van der Waals surface area contributed by atoms with E-state index in [1.807, 2.05) is 6.92 Å². The number of halogens is 2. The SMILES string of the molecule is CC1CCC(COC(=O)c2cc(N)cc(Cl)c2Cl)O1. The Hall–Kier alpha value is -0.970. The van der Waals surface area contributed by atoms with E-state index in [4.69, 9.17) is 38.4 Å². The van der Waals surface area contributed by atoms with Crippen LogP contribution in [-0.2, 0) is 9.47 Å². The Bertz CT molecular complexity index is 493. The average Bonchev–Trinajstić information content (AvgIpc) is 2.76. The average molecular weight is 304 g/mol. The van der Waals surface area contributed by atoms with Crippen LogP contribution in [0.3, 0.4) is 0 Å². The van der Waals surface area contributed by atoms with E-state index in [0.717, 1.165) is 12.8 Å². The first kappa shape index (κ1) is 14.4. The van der Waals surface area contributed by atoms with Crippen molar-refractivity contribution in [2.24, 2.45) is 0 Å². The van der Waals surface area contributed by atoms with Crippen LogP contribution in [0.15, 0.2) is 12.1 Å². The molecule has 1 aliphatic heterocycles. The van der Waals surface area contributed by atoms with Gasteiger partial charge in [0.25, 0.3) is 0 Å². The molecule has 1 heterocycles. The van der Waals surface area contributed by atoms with Gasteiger partial charge in [-0.1, -0.05) is 23.2 Å². The fourth-order valence-corrected chi connectivity index (χ4v) is 2.43. The summed E-state index contributed by atoms with van der Waals surface area (Å²) in [5.74, 6) is -0.539. The Morgan fingerprint density at radius 3 is 2.84 bits per heavy atom. The van der Waals surface area contributed by atoms with E-state index in [0.29, 0.717) is 5.69 Å². The Labute approximate surface area is 121 Å². The van der Waals surface area contributed by atoms with Gasteiger partial charge in [0.05, 0.1) is 27.8 Å². The van der Waals surface area contributed by atoms with Gasteiger partial charge in [-0.15, -0.1) is 0 Å². The third kappa shape index (κ3) is 3.53. The number of carbonyl (C=O) groups is 1. The van der Waals surface area contributed by atoms with Crippen molar-refractivity contribution in [3.63, 3.8) is 0 Å². The lowest BCUT2D eigenvalue weighted by atomic mass is 10.2. The summed E-state index contributed by atoms with van der Waals surface area (Å²) in [6.07, 6.45) is 2.04. The summed E-state index contributed by atoms with van der Waals surface area (Å²) in [4.78, 5) is 11.9. The summed E-state index contributed by atoms with van der Waals surface area (Å²) in [6, 6.07) is 2.94. The van der Waals surface area contributed by atoms with E-state index < -0.39 is 5.97 Å². The van der Waals surface area contributed by atoms with Gasteiger partial charge < -0.3 is 15.2 Å². The normalized spacial score (nSPS) is 22.5. The number of ether oxygens (including phenoxy) is 2. The van der Waals surface area contributed by atoms with Gasteiger partial charge in [-0.2, -0.15) is 0 Å². The van der Waals surface area contributed by atoms with Crippen molar-refractivity contribution < 1.29 is 14.3 Å². The van der Waals surface area contributed by atoms with Gasteiger partial charge in [-0.3, -0.25) is 0 Å². The highest BCUT2D eigenvalue weighted by molar-refractivity contribution is 6.44. The number of esters is 1. The maximum absolute atomic E-state index is 11.9. The van der Waals surface area contributed by atoms with E-state index in [-0.39, 0.29) is 34.4 Å². The van der Waals surface area contributed by atoms with Crippen LogP contribution < -0.4 is 5.73 Å².